The number of carbonyl (C=O) groups is 1. The Kier molecular flexibility index (Phi) is 2.97. The predicted octanol–water partition coefficient (Wildman–Crippen LogP) is 1.58. The first-order chi connectivity index (χ1) is 8.19. The van der Waals surface area contributed by atoms with Crippen LogP contribution in [0.4, 0.5) is 0 Å². The maximum atomic E-state index is 11.9. The van der Waals surface area contributed by atoms with Crippen molar-refractivity contribution in [1.82, 2.24) is 0 Å². The first-order valence-electron chi connectivity index (χ1n) is 5.67. The molecule has 0 bridgehead atoms. The zero-order valence-electron chi connectivity index (χ0n) is 10.7. The van der Waals surface area contributed by atoms with Crippen LogP contribution in [-0.4, -0.2) is 32.8 Å². The summed E-state index contributed by atoms with van der Waals surface area (Å²) in [4.78, 5) is 11.9. The summed E-state index contributed by atoms with van der Waals surface area (Å²) in [6, 6.07) is 5.10. The summed E-state index contributed by atoms with van der Waals surface area (Å²) in [6.45, 7) is 4.64. The summed E-state index contributed by atoms with van der Waals surface area (Å²) >= 11 is 0. The fourth-order valence-corrected chi connectivity index (χ4v) is 2.66. The molecule has 18 heavy (non-hydrogen) atoms. The quantitative estimate of drug-likeness (QED) is 0.781. The third-order valence-electron chi connectivity index (χ3n) is 3.01. The van der Waals surface area contributed by atoms with Crippen molar-refractivity contribution in [2.45, 2.75) is 19.3 Å². The van der Waals surface area contributed by atoms with Crippen molar-refractivity contribution in [3.05, 3.63) is 29.3 Å². The van der Waals surface area contributed by atoms with Crippen LogP contribution in [-0.2, 0) is 15.3 Å². The zero-order chi connectivity index (χ0) is 13.6. The normalized spacial score (nSPS) is 17.1. The molecular formula is C13H16O4S. The summed E-state index contributed by atoms with van der Waals surface area (Å²) in [5.41, 5.74) is 1.25. The van der Waals surface area contributed by atoms with Crippen LogP contribution in [0.5, 0.6) is 5.75 Å². The van der Waals surface area contributed by atoms with Crippen molar-refractivity contribution >= 4 is 15.6 Å². The number of rotatable bonds is 3. The molecule has 2 rings (SSSR count). The highest BCUT2D eigenvalue weighted by atomic mass is 32.2. The van der Waals surface area contributed by atoms with Gasteiger partial charge in [-0.1, -0.05) is 13.8 Å². The van der Waals surface area contributed by atoms with Gasteiger partial charge >= 0.3 is 0 Å². The van der Waals surface area contributed by atoms with Gasteiger partial charge in [0, 0.05) is 22.8 Å². The number of ketones is 1. The lowest BCUT2D eigenvalue weighted by molar-refractivity contribution is 0.102. The Bertz CT molecular complexity index is 599. The van der Waals surface area contributed by atoms with Gasteiger partial charge in [0.15, 0.2) is 15.6 Å². The van der Waals surface area contributed by atoms with Gasteiger partial charge in [0.25, 0.3) is 0 Å². The molecule has 0 saturated heterocycles. The number of hydrogen-bond donors (Lipinski definition) is 0. The van der Waals surface area contributed by atoms with Gasteiger partial charge < -0.3 is 4.74 Å². The smallest absolute Gasteiger partial charge is 0.177 e. The van der Waals surface area contributed by atoms with Gasteiger partial charge in [-0.15, -0.1) is 0 Å². The van der Waals surface area contributed by atoms with E-state index < -0.39 is 15.6 Å². The van der Waals surface area contributed by atoms with Crippen molar-refractivity contribution in [1.29, 1.82) is 0 Å². The van der Waals surface area contributed by atoms with E-state index in [0.29, 0.717) is 12.2 Å². The highest BCUT2D eigenvalue weighted by Gasteiger charge is 2.32. The van der Waals surface area contributed by atoms with E-state index in [2.05, 4.69) is 0 Å². The van der Waals surface area contributed by atoms with Crippen LogP contribution in [0.1, 0.15) is 29.8 Å². The molecular weight excluding hydrogens is 252 g/mol. The van der Waals surface area contributed by atoms with Crippen LogP contribution in [0.15, 0.2) is 18.2 Å². The van der Waals surface area contributed by atoms with Gasteiger partial charge in [0.1, 0.15) is 11.5 Å². The number of fused-ring (bicyclic) bond motifs is 1. The van der Waals surface area contributed by atoms with E-state index in [-0.39, 0.29) is 11.2 Å². The van der Waals surface area contributed by atoms with Crippen LogP contribution in [0.25, 0.3) is 0 Å². The third-order valence-corrected chi connectivity index (χ3v) is 3.80. The second kappa shape index (κ2) is 4.09. The molecule has 0 N–H and O–H groups in total. The molecule has 1 aliphatic heterocycles. The fraction of sp³-hybridized carbons (Fsp3) is 0.462. The molecule has 0 fully saturated rings. The van der Waals surface area contributed by atoms with E-state index in [1.54, 1.807) is 18.2 Å². The fourth-order valence-electron chi connectivity index (χ4n) is 2.02. The van der Waals surface area contributed by atoms with Crippen molar-refractivity contribution in [2.75, 3.05) is 18.6 Å². The minimum atomic E-state index is -3.30. The van der Waals surface area contributed by atoms with Crippen molar-refractivity contribution in [3.8, 4) is 5.75 Å². The van der Waals surface area contributed by atoms with E-state index in [4.69, 9.17) is 4.74 Å². The van der Waals surface area contributed by atoms with Gasteiger partial charge in [-0.05, 0) is 18.2 Å². The van der Waals surface area contributed by atoms with E-state index in [0.717, 1.165) is 17.6 Å². The number of carbonyl (C=O) groups excluding carboxylic acids is 1. The molecule has 98 valence electrons. The van der Waals surface area contributed by atoms with Gasteiger partial charge in [-0.3, -0.25) is 4.79 Å². The topological polar surface area (TPSA) is 60.4 Å². The summed E-state index contributed by atoms with van der Waals surface area (Å²) in [5, 5.41) is 0. The molecule has 0 spiro atoms. The molecule has 1 aromatic carbocycles. The van der Waals surface area contributed by atoms with Gasteiger partial charge in [-0.25, -0.2) is 8.42 Å². The van der Waals surface area contributed by atoms with Gasteiger partial charge in [0.2, 0.25) is 0 Å². The van der Waals surface area contributed by atoms with Gasteiger partial charge in [0.05, 0.1) is 6.61 Å². The lowest BCUT2D eigenvalue weighted by Crippen LogP contribution is -2.19. The molecule has 1 aromatic rings. The molecule has 0 amide bonds. The maximum Gasteiger partial charge on any atom is 0.177 e. The van der Waals surface area contributed by atoms with E-state index in [1.165, 1.54) is 0 Å². The minimum Gasteiger partial charge on any atom is -0.492 e. The highest BCUT2D eigenvalue weighted by molar-refractivity contribution is 7.91. The molecule has 0 aromatic heterocycles. The molecule has 0 radical (unpaired) electrons. The number of sulfone groups is 1. The average molecular weight is 268 g/mol. The Hall–Kier alpha value is -1.36. The van der Waals surface area contributed by atoms with Crippen LogP contribution in [0.3, 0.4) is 0 Å². The second-order valence-corrected chi connectivity index (χ2v) is 7.52. The molecule has 5 heteroatoms. The Morgan fingerprint density at radius 1 is 1.39 bits per heavy atom. The molecule has 4 nitrogen and oxygen atoms in total. The maximum absolute atomic E-state index is 11.9. The molecule has 0 atom stereocenters. The zero-order valence-corrected chi connectivity index (χ0v) is 11.5. The Labute approximate surface area is 107 Å². The van der Waals surface area contributed by atoms with Crippen molar-refractivity contribution in [3.63, 3.8) is 0 Å². The second-order valence-electron chi connectivity index (χ2n) is 5.38. The monoisotopic (exact) mass is 268 g/mol. The largest absolute Gasteiger partial charge is 0.492 e. The standard InChI is InChI=1S/C13H16O4S/c1-13(2)8-17-12-5-4-9(6-10(12)13)11(14)7-18(3,15)16/h4-6H,7-8H2,1-3H3. The first kappa shape index (κ1) is 13.1. The summed E-state index contributed by atoms with van der Waals surface area (Å²) in [5.74, 6) is -0.0496. The third kappa shape index (κ3) is 2.56. The summed E-state index contributed by atoms with van der Waals surface area (Å²) < 4.78 is 27.8. The SMILES string of the molecule is CC1(C)COc2ccc(C(=O)CS(C)(=O)=O)cc21. The summed E-state index contributed by atoms with van der Waals surface area (Å²) in [6.07, 6.45) is 1.06. The molecule has 1 aliphatic rings. The minimum absolute atomic E-state index is 0.142. The van der Waals surface area contributed by atoms with E-state index in [9.17, 15) is 13.2 Å². The van der Waals surface area contributed by atoms with Gasteiger partial charge in [-0.2, -0.15) is 0 Å². The Morgan fingerprint density at radius 2 is 2.06 bits per heavy atom. The first-order valence-corrected chi connectivity index (χ1v) is 7.73. The molecule has 0 aliphatic carbocycles. The molecule has 0 unspecified atom stereocenters. The van der Waals surface area contributed by atoms with Crippen molar-refractivity contribution < 1.29 is 17.9 Å². The molecule has 0 saturated carbocycles. The number of ether oxygens (including phenoxy) is 1. The van der Waals surface area contributed by atoms with E-state index in [1.807, 2.05) is 13.8 Å². The summed E-state index contributed by atoms with van der Waals surface area (Å²) in [7, 11) is -3.30. The predicted molar refractivity (Wildman–Crippen MR) is 69.0 cm³/mol. The average Bonchev–Trinajstić information content (AvgIpc) is 2.52. The Morgan fingerprint density at radius 3 is 2.67 bits per heavy atom. The van der Waals surface area contributed by atoms with Crippen LogP contribution in [0, 0.1) is 0 Å². The van der Waals surface area contributed by atoms with Crippen LogP contribution in [0.2, 0.25) is 0 Å². The Balaban J connectivity index is 2.35. The lowest BCUT2D eigenvalue weighted by atomic mass is 9.86. The van der Waals surface area contributed by atoms with E-state index >= 15 is 0 Å². The van der Waals surface area contributed by atoms with Crippen molar-refractivity contribution in [2.24, 2.45) is 0 Å². The number of hydrogen-bond acceptors (Lipinski definition) is 4. The van der Waals surface area contributed by atoms with Crippen LogP contribution < -0.4 is 4.74 Å². The van der Waals surface area contributed by atoms with Crippen LogP contribution >= 0.6 is 0 Å². The highest BCUT2D eigenvalue weighted by Crippen LogP contribution is 2.38. The lowest BCUT2D eigenvalue weighted by Gasteiger charge is -2.15. The molecule has 1 heterocycles. The number of Topliss-reactive ketones (excluding diaryl/α,β-unsaturated/α-hetero) is 1. The number of benzene rings is 1.